The summed E-state index contributed by atoms with van der Waals surface area (Å²) >= 11 is 6.01. The van der Waals surface area contributed by atoms with Crippen molar-refractivity contribution in [2.45, 2.75) is 20.3 Å². The van der Waals surface area contributed by atoms with E-state index in [1.54, 1.807) is 36.9 Å². The molecule has 5 nitrogen and oxygen atoms in total. The van der Waals surface area contributed by atoms with Crippen molar-refractivity contribution in [1.29, 1.82) is 0 Å². The second-order valence-electron chi connectivity index (χ2n) is 6.76. The molecule has 3 rings (SSSR count). The molecule has 0 aromatic heterocycles. The lowest BCUT2D eigenvalue weighted by molar-refractivity contribution is -0.136. The second-order valence-corrected chi connectivity index (χ2v) is 7.20. The van der Waals surface area contributed by atoms with Crippen LogP contribution < -0.4 is 15.0 Å². The largest absolute Gasteiger partial charge is 0.495 e. The number of carbonyl (C=O) groups excluding carboxylic acids is 2. The number of hydrogen-bond acceptors (Lipinski definition) is 3. The lowest BCUT2D eigenvalue weighted by atomic mass is 9.90. The Labute approximate surface area is 157 Å². The maximum atomic E-state index is 13.1. The van der Waals surface area contributed by atoms with Gasteiger partial charge >= 0.3 is 0 Å². The number of hydrogen-bond donors (Lipinski definition) is 1. The predicted molar refractivity (Wildman–Crippen MR) is 103 cm³/mol. The van der Waals surface area contributed by atoms with Crippen LogP contribution in [0.25, 0.3) is 0 Å². The topological polar surface area (TPSA) is 58.6 Å². The molecule has 0 saturated heterocycles. The summed E-state index contributed by atoms with van der Waals surface area (Å²) in [7, 11) is 1.51. The summed E-state index contributed by atoms with van der Waals surface area (Å²) in [6.07, 6.45) is 0.793. The first-order chi connectivity index (χ1) is 12.3. The molecule has 1 aliphatic heterocycles. The predicted octanol–water partition coefficient (Wildman–Crippen LogP) is 3.90. The quantitative estimate of drug-likeness (QED) is 0.828. The Morgan fingerprint density at radius 1 is 1.19 bits per heavy atom. The molecule has 1 N–H and O–H groups in total. The van der Waals surface area contributed by atoms with Crippen molar-refractivity contribution in [1.82, 2.24) is 0 Å². The maximum Gasteiger partial charge on any atom is 0.242 e. The molecule has 1 heterocycles. The number of rotatable bonds is 4. The first-order valence-electron chi connectivity index (χ1n) is 8.39. The zero-order chi connectivity index (χ0) is 18.9. The number of methoxy groups -OCH3 is 1. The van der Waals surface area contributed by atoms with E-state index in [1.807, 2.05) is 24.3 Å². The Bertz CT molecular complexity index is 864. The van der Waals surface area contributed by atoms with Crippen molar-refractivity contribution in [2.75, 3.05) is 23.9 Å². The molecule has 0 saturated carbocycles. The molecule has 2 aromatic rings. The van der Waals surface area contributed by atoms with Crippen molar-refractivity contribution < 1.29 is 14.3 Å². The van der Waals surface area contributed by atoms with Crippen LogP contribution in [0, 0.1) is 5.41 Å². The zero-order valence-electron chi connectivity index (χ0n) is 15.0. The highest BCUT2D eigenvalue weighted by molar-refractivity contribution is 6.31. The van der Waals surface area contributed by atoms with Crippen LogP contribution in [-0.2, 0) is 16.0 Å². The van der Waals surface area contributed by atoms with Crippen LogP contribution in [0.15, 0.2) is 42.5 Å². The van der Waals surface area contributed by atoms with E-state index in [-0.39, 0.29) is 5.91 Å². The van der Waals surface area contributed by atoms with Gasteiger partial charge in [0.25, 0.3) is 0 Å². The Hall–Kier alpha value is -2.53. The molecule has 26 heavy (non-hydrogen) atoms. The summed E-state index contributed by atoms with van der Waals surface area (Å²) in [5.41, 5.74) is 1.19. The molecule has 136 valence electrons. The van der Waals surface area contributed by atoms with Gasteiger partial charge in [0.05, 0.1) is 12.8 Å². The zero-order valence-corrected chi connectivity index (χ0v) is 15.8. The Balaban J connectivity index is 1.83. The minimum absolute atomic E-state index is 0.235. The van der Waals surface area contributed by atoms with Gasteiger partial charge in [0.15, 0.2) is 0 Å². The van der Waals surface area contributed by atoms with E-state index < -0.39 is 11.3 Å². The molecule has 2 aromatic carbocycles. The van der Waals surface area contributed by atoms with Crippen LogP contribution >= 0.6 is 11.6 Å². The van der Waals surface area contributed by atoms with E-state index >= 15 is 0 Å². The summed E-state index contributed by atoms with van der Waals surface area (Å²) in [6.45, 7) is 3.83. The van der Waals surface area contributed by atoms with Gasteiger partial charge in [-0.1, -0.05) is 29.8 Å². The molecule has 0 atom stereocenters. The number of benzene rings is 2. The summed E-state index contributed by atoms with van der Waals surface area (Å²) < 4.78 is 5.25. The van der Waals surface area contributed by atoms with Crippen molar-refractivity contribution in [3.63, 3.8) is 0 Å². The Kier molecular flexibility index (Phi) is 4.92. The highest BCUT2D eigenvalue weighted by Gasteiger charge is 2.41. The molecule has 0 spiro atoms. The maximum absolute atomic E-state index is 13.1. The number of ether oxygens (including phenoxy) is 1. The van der Waals surface area contributed by atoms with E-state index in [0.717, 1.165) is 17.7 Å². The fraction of sp³-hybridized carbons (Fsp3) is 0.300. The Morgan fingerprint density at radius 2 is 1.92 bits per heavy atom. The SMILES string of the molecule is COc1ccc(Cl)cc1NC(=O)C(C)(C)C(=O)N1CCc2ccccc21. The lowest BCUT2D eigenvalue weighted by Gasteiger charge is -2.29. The summed E-state index contributed by atoms with van der Waals surface area (Å²) in [5, 5.41) is 3.25. The first-order valence-corrected chi connectivity index (χ1v) is 8.77. The summed E-state index contributed by atoms with van der Waals surface area (Å²) in [6, 6.07) is 12.7. The third-order valence-electron chi connectivity index (χ3n) is 4.64. The number of halogens is 1. The van der Waals surface area contributed by atoms with Gasteiger partial charge < -0.3 is 15.0 Å². The number of para-hydroxylation sites is 1. The first kappa shape index (κ1) is 18.3. The minimum Gasteiger partial charge on any atom is -0.495 e. The number of carbonyl (C=O) groups is 2. The monoisotopic (exact) mass is 372 g/mol. The fourth-order valence-electron chi connectivity index (χ4n) is 3.04. The van der Waals surface area contributed by atoms with E-state index in [9.17, 15) is 9.59 Å². The van der Waals surface area contributed by atoms with E-state index in [2.05, 4.69) is 5.32 Å². The average molecular weight is 373 g/mol. The minimum atomic E-state index is -1.25. The highest BCUT2D eigenvalue weighted by atomic mass is 35.5. The standard InChI is InChI=1S/C20H21ClN2O3/c1-20(2,18(24)22-15-12-14(21)8-9-17(15)26-3)19(25)23-11-10-13-6-4-5-7-16(13)23/h4-9,12H,10-11H2,1-3H3,(H,22,24). The molecule has 0 unspecified atom stereocenters. The van der Waals surface area contributed by atoms with Crippen molar-refractivity contribution in [3.05, 3.63) is 53.1 Å². The molecule has 0 aliphatic carbocycles. The number of anilines is 2. The van der Waals surface area contributed by atoms with Crippen LogP contribution in [0.4, 0.5) is 11.4 Å². The van der Waals surface area contributed by atoms with Crippen LogP contribution in [0.2, 0.25) is 5.02 Å². The van der Waals surface area contributed by atoms with Crippen molar-refractivity contribution in [2.24, 2.45) is 5.41 Å². The van der Waals surface area contributed by atoms with Crippen LogP contribution in [0.1, 0.15) is 19.4 Å². The number of amides is 2. The van der Waals surface area contributed by atoms with Gasteiger partial charge in [-0.2, -0.15) is 0 Å². The third kappa shape index (κ3) is 3.27. The Morgan fingerprint density at radius 3 is 2.65 bits per heavy atom. The van der Waals surface area contributed by atoms with Gasteiger partial charge in [-0.25, -0.2) is 0 Å². The molecule has 0 fully saturated rings. The lowest BCUT2D eigenvalue weighted by Crippen LogP contribution is -2.47. The molecular formula is C20H21ClN2O3. The average Bonchev–Trinajstić information content (AvgIpc) is 3.05. The van der Waals surface area contributed by atoms with E-state index in [4.69, 9.17) is 16.3 Å². The van der Waals surface area contributed by atoms with Gasteiger partial charge in [-0.3, -0.25) is 9.59 Å². The van der Waals surface area contributed by atoms with Crippen molar-refractivity contribution in [3.8, 4) is 5.75 Å². The van der Waals surface area contributed by atoms with Crippen LogP contribution in [-0.4, -0.2) is 25.5 Å². The van der Waals surface area contributed by atoms with E-state index in [0.29, 0.717) is 23.0 Å². The molecule has 6 heteroatoms. The molecule has 1 aliphatic rings. The van der Waals surface area contributed by atoms with Crippen LogP contribution in [0.3, 0.4) is 0 Å². The number of nitrogens with zero attached hydrogens (tertiary/aromatic N) is 1. The van der Waals surface area contributed by atoms with Gasteiger partial charge in [-0.05, 0) is 50.1 Å². The van der Waals surface area contributed by atoms with E-state index in [1.165, 1.54) is 7.11 Å². The highest BCUT2D eigenvalue weighted by Crippen LogP contribution is 2.34. The summed E-state index contributed by atoms with van der Waals surface area (Å²) in [5.74, 6) is -0.161. The molecule has 2 amide bonds. The normalized spacial score (nSPS) is 13.3. The molecule has 0 radical (unpaired) electrons. The summed E-state index contributed by atoms with van der Waals surface area (Å²) in [4.78, 5) is 27.6. The number of nitrogens with one attached hydrogen (secondary N) is 1. The van der Waals surface area contributed by atoms with Gasteiger partial charge in [0.2, 0.25) is 11.8 Å². The van der Waals surface area contributed by atoms with Gasteiger partial charge in [-0.15, -0.1) is 0 Å². The van der Waals surface area contributed by atoms with Gasteiger partial charge in [0.1, 0.15) is 11.2 Å². The van der Waals surface area contributed by atoms with Crippen molar-refractivity contribution >= 4 is 34.8 Å². The second kappa shape index (κ2) is 7.00. The molecule has 0 bridgehead atoms. The molecular weight excluding hydrogens is 352 g/mol. The smallest absolute Gasteiger partial charge is 0.242 e. The fourth-order valence-corrected chi connectivity index (χ4v) is 3.21. The number of fused-ring (bicyclic) bond motifs is 1. The van der Waals surface area contributed by atoms with Gasteiger partial charge in [0, 0.05) is 17.3 Å². The van der Waals surface area contributed by atoms with Crippen LogP contribution in [0.5, 0.6) is 5.75 Å². The third-order valence-corrected chi connectivity index (χ3v) is 4.88.